The van der Waals surface area contributed by atoms with Crippen molar-refractivity contribution >= 4 is 17.3 Å². The molecule has 6 rings (SSSR count). The van der Waals surface area contributed by atoms with Crippen molar-refractivity contribution in [2.24, 2.45) is 11.8 Å². The Morgan fingerprint density at radius 2 is 1.20 bits per heavy atom. The highest BCUT2D eigenvalue weighted by Gasteiger charge is 2.54. The molecular formula is C37H31F3O5. The predicted octanol–water partition coefficient (Wildman–Crippen LogP) is 8.05. The molecule has 1 fully saturated rings. The zero-order chi connectivity index (χ0) is 31.9. The summed E-state index contributed by atoms with van der Waals surface area (Å²) in [6.07, 6.45) is -4.07. The maximum atomic E-state index is 14.5. The molecule has 0 unspecified atom stereocenters. The maximum Gasteiger partial charge on any atom is 0.416 e. The number of carbonyl (C=O) groups is 3. The molecule has 0 aliphatic heterocycles. The lowest BCUT2D eigenvalue weighted by molar-refractivity contribution is -0.137. The molecule has 0 aromatic heterocycles. The topological polar surface area (TPSA) is 69.7 Å². The minimum absolute atomic E-state index is 0.108. The van der Waals surface area contributed by atoms with E-state index in [0.717, 1.165) is 12.1 Å². The Kier molecular flexibility index (Phi) is 8.08. The molecule has 2 aliphatic rings. The highest BCUT2D eigenvalue weighted by atomic mass is 19.4. The summed E-state index contributed by atoms with van der Waals surface area (Å²) in [5.74, 6) is -3.57. The van der Waals surface area contributed by atoms with Gasteiger partial charge in [-0.2, -0.15) is 13.2 Å². The number of alkyl halides is 3. The Bertz CT molecular complexity index is 1730. The maximum absolute atomic E-state index is 14.5. The van der Waals surface area contributed by atoms with Crippen LogP contribution in [0.5, 0.6) is 11.5 Å². The number of fused-ring (bicyclic) bond motifs is 3. The monoisotopic (exact) mass is 612 g/mol. The fourth-order valence-corrected chi connectivity index (χ4v) is 7.33. The van der Waals surface area contributed by atoms with Crippen molar-refractivity contribution < 1.29 is 37.0 Å². The molecule has 5 nitrogen and oxygen atoms in total. The smallest absolute Gasteiger partial charge is 0.416 e. The highest BCUT2D eigenvalue weighted by molar-refractivity contribution is 6.12. The van der Waals surface area contributed by atoms with Crippen LogP contribution in [0.3, 0.4) is 0 Å². The van der Waals surface area contributed by atoms with Crippen LogP contribution < -0.4 is 9.47 Å². The van der Waals surface area contributed by atoms with E-state index in [2.05, 4.69) is 0 Å². The molecule has 0 spiro atoms. The molecule has 0 saturated heterocycles. The third-order valence-corrected chi connectivity index (χ3v) is 9.30. The summed E-state index contributed by atoms with van der Waals surface area (Å²) in [6, 6.07) is 25.7. The van der Waals surface area contributed by atoms with Gasteiger partial charge in [-0.1, -0.05) is 72.8 Å². The molecule has 0 heterocycles. The average Bonchev–Trinajstić information content (AvgIpc) is 3.06. The van der Waals surface area contributed by atoms with Gasteiger partial charge in [0.1, 0.15) is 5.78 Å². The lowest BCUT2D eigenvalue weighted by Gasteiger charge is -2.49. The van der Waals surface area contributed by atoms with Gasteiger partial charge in [0.25, 0.3) is 0 Å². The van der Waals surface area contributed by atoms with E-state index in [1.54, 1.807) is 72.8 Å². The number of methoxy groups -OCH3 is 2. The first kappa shape index (κ1) is 30.3. The van der Waals surface area contributed by atoms with E-state index in [9.17, 15) is 27.6 Å². The first-order valence-electron chi connectivity index (χ1n) is 14.8. The summed E-state index contributed by atoms with van der Waals surface area (Å²) in [4.78, 5) is 42.4. The van der Waals surface area contributed by atoms with Crippen molar-refractivity contribution in [2.75, 3.05) is 14.2 Å². The van der Waals surface area contributed by atoms with Gasteiger partial charge in [-0.15, -0.1) is 0 Å². The van der Waals surface area contributed by atoms with Crippen LogP contribution in [0.15, 0.2) is 97.1 Å². The van der Waals surface area contributed by atoms with Crippen LogP contribution in [0.4, 0.5) is 13.2 Å². The number of rotatable bonds is 7. The summed E-state index contributed by atoms with van der Waals surface area (Å²) in [5, 5.41) is 0. The molecule has 0 bridgehead atoms. The van der Waals surface area contributed by atoms with Crippen LogP contribution in [-0.2, 0) is 11.0 Å². The Balaban J connectivity index is 1.62. The zero-order valence-corrected chi connectivity index (χ0v) is 24.7. The summed E-state index contributed by atoms with van der Waals surface area (Å²) in [5.41, 5.74) is 1.78. The van der Waals surface area contributed by atoms with E-state index >= 15 is 0 Å². The normalized spacial score (nSPS) is 22.6. The van der Waals surface area contributed by atoms with Gasteiger partial charge in [0, 0.05) is 29.4 Å². The first-order chi connectivity index (χ1) is 21.6. The Hall–Kier alpha value is -4.72. The number of carbonyl (C=O) groups excluding carboxylic acids is 3. The summed E-state index contributed by atoms with van der Waals surface area (Å²) >= 11 is 0. The highest BCUT2D eigenvalue weighted by Crippen LogP contribution is 2.60. The van der Waals surface area contributed by atoms with E-state index in [1.165, 1.54) is 26.4 Å². The molecule has 1 saturated carbocycles. The Morgan fingerprint density at radius 3 is 1.71 bits per heavy atom. The van der Waals surface area contributed by atoms with Gasteiger partial charge in [0.05, 0.1) is 31.6 Å². The van der Waals surface area contributed by atoms with Gasteiger partial charge in [-0.05, 0) is 53.3 Å². The number of Topliss-reactive ketones (excluding diaryl/α,β-unsaturated/α-hetero) is 3. The van der Waals surface area contributed by atoms with Crippen molar-refractivity contribution in [2.45, 2.75) is 36.8 Å². The van der Waals surface area contributed by atoms with E-state index in [4.69, 9.17) is 9.47 Å². The average molecular weight is 613 g/mol. The van der Waals surface area contributed by atoms with Gasteiger partial charge in [0.15, 0.2) is 23.1 Å². The molecule has 2 aliphatic carbocycles. The SMILES string of the molecule is COc1cc2c(cc1OC)[C@H](C(=O)c1ccccc1)[C@@H](c1ccc(C(F)(F)F)cc1)[C@@H]1CCC(=O)[C@@H](C(=O)c3ccccc3)[C@H]21. The molecule has 0 radical (unpaired) electrons. The van der Waals surface area contributed by atoms with Gasteiger partial charge in [0.2, 0.25) is 0 Å². The van der Waals surface area contributed by atoms with Crippen LogP contribution in [0, 0.1) is 11.8 Å². The van der Waals surface area contributed by atoms with E-state index in [0.29, 0.717) is 45.7 Å². The van der Waals surface area contributed by atoms with E-state index < -0.39 is 41.3 Å². The molecule has 5 atom stereocenters. The molecule has 4 aromatic rings. The first-order valence-corrected chi connectivity index (χ1v) is 14.8. The van der Waals surface area contributed by atoms with Gasteiger partial charge < -0.3 is 9.47 Å². The number of halogens is 3. The number of benzene rings is 4. The Morgan fingerprint density at radius 1 is 0.689 bits per heavy atom. The van der Waals surface area contributed by atoms with Crippen molar-refractivity contribution in [1.29, 1.82) is 0 Å². The fraction of sp³-hybridized carbons (Fsp3) is 0.270. The van der Waals surface area contributed by atoms with Gasteiger partial charge in [-0.3, -0.25) is 14.4 Å². The van der Waals surface area contributed by atoms with Crippen molar-refractivity contribution in [3.8, 4) is 11.5 Å². The van der Waals surface area contributed by atoms with E-state index in [1.807, 2.05) is 0 Å². The third-order valence-electron chi connectivity index (χ3n) is 9.30. The molecule has 0 N–H and O–H groups in total. The number of hydrogen-bond donors (Lipinski definition) is 0. The standard InChI is InChI=1S/C37H31F3O5/c1-44-29-19-26-27(20-30(29)45-2)33(35(42)22-9-5-3-6-10-22)31(21-13-15-24(16-14-21)37(38,39)40)25-17-18-28(41)34(32(25)26)36(43)23-11-7-4-8-12-23/h3-16,19-20,25,31-34H,17-18H2,1-2H3/t25-,31-,32-,33-,34+/m0/s1. The van der Waals surface area contributed by atoms with E-state index in [-0.39, 0.29) is 23.8 Å². The van der Waals surface area contributed by atoms with Crippen LogP contribution in [0.1, 0.15) is 73.6 Å². The molecule has 0 amide bonds. The number of ether oxygens (including phenoxy) is 2. The molecule has 8 heteroatoms. The van der Waals surface area contributed by atoms with Gasteiger partial charge in [-0.25, -0.2) is 0 Å². The fourth-order valence-electron chi connectivity index (χ4n) is 7.33. The second-order valence-corrected chi connectivity index (χ2v) is 11.6. The summed E-state index contributed by atoms with van der Waals surface area (Å²) in [7, 11) is 2.96. The van der Waals surface area contributed by atoms with Crippen LogP contribution >= 0.6 is 0 Å². The third kappa shape index (κ3) is 5.43. The van der Waals surface area contributed by atoms with Crippen molar-refractivity contribution in [3.63, 3.8) is 0 Å². The van der Waals surface area contributed by atoms with Crippen LogP contribution in [-0.4, -0.2) is 31.6 Å². The summed E-state index contributed by atoms with van der Waals surface area (Å²) in [6.45, 7) is 0. The largest absolute Gasteiger partial charge is 0.493 e. The zero-order valence-electron chi connectivity index (χ0n) is 24.7. The minimum atomic E-state index is -4.53. The Labute approximate surface area is 259 Å². The van der Waals surface area contributed by atoms with Crippen LogP contribution in [0.2, 0.25) is 0 Å². The predicted molar refractivity (Wildman–Crippen MR) is 162 cm³/mol. The number of hydrogen-bond acceptors (Lipinski definition) is 5. The lowest BCUT2D eigenvalue weighted by atomic mass is 9.53. The van der Waals surface area contributed by atoms with Crippen molar-refractivity contribution in [1.82, 2.24) is 0 Å². The summed E-state index contributed by atoms with van der Waals surface area (Å²) < 4.78 is 52.1. The molecular weight excluding hydrogens is 581 g/mol. The minimum Gasteiger partial charge on any atom is -0.493 e. The molecule has 45 heavy (non-hydrogen) atoms. The van der Waals surface area contributed by atoms with Gasteiger partial charge >= 0.3 is 6.18 Å². The number of ketones is 3. The second-order valence-electron chi connectivity index (χ2n) is 11.6. The molecule has 230 valence electrons. The quantitative estimate of drug-likeness (QED) is 0.156. The molecule has 4 aromatic carbocycles. The van der Waals surface area contributed by atoms with Crippen LogP contribution in [0.25, 0.3) is 0 Å². The van der Waals surface area contributed by atoms with Crippen molar-refractivity contribution in [3.05, 3.63) is 130 Å². The lowest BCUT2D eigenvalue weighted by Crippen LogP contribution is -2.46. The second kappa shape index (κ2) is 12.0.